The van der Waals surface area contributed by atoms with Gasteiger partial charge >= 0.3 is 0 Å². The lowest BCUT2D eigenvalue weighted by Gasteiger charge is -2.11. The molecule has 0 spiro atoms. The monoisotopic (exact) mass is 501 g/mol. The highest BCUT2D eigenvalue weighted by atomic mass is 127. The Morgan fingerprint density at radius 2 is 1.81 bits per heavy atom. The zero-order valence-electron chi connectivity index (χ0n) is 16.3. The molecule has 0 radical (unpaired) electrons. The second kappa shape index (κ2) is 11.9. The van der Waals surface area contributed by atoms with Crippen LogP contribution in [0.1, 0.15) is 40.9 Å². The average Bonchev–Trinajstić information content (AvgIpc) is 2.94. The highest BCUT2D eigenvalue weighted by Crippen LogP contribution is 2.16. The number of nitrogens with one attached hydrogen (secondary N) is 3. The van der Waals surface area contributed by atoms with Crippen LogP contribution >= 0.6 is 35.3 Å². The maximum atomic E-state index is 11.6. The zero-order valence-corrected chi connectivity index (χ0v) is 19.4. The Morgan fingerprint density at radius 3 is 2.37 bits per heavy atom. The highest BCUT2D eigenvalue weighted by molar-refractivity contribution is 14.0. The van der Waals surface area contributed by atoms with Gasteiger partial charge in [0.2, 0.25) is 5.91 Å². The summed E-state index contributed by atoms with van der Waals surface area (Å²) in [6, 6.07) is 7.83. The summed E-state index contributed by atoms with van der Waals surface area (Å²) in [5, 5.41) is 10.5. The third-order valence-electron chi connectivity index (χ3n) is 3.88. The summed E-state index contributed by atoms with van der Waals surface area (Å²) in [6.07, 6.45) is 1.39. The van der Waals surface area contributed by atoms with Crippen LogP contribution in [0.5, 0.6) is 0 Å². The average molecular weight is 501 g/mol. The van der Waals surface area contributed by atoms with Crippen LogP contribution in [0.2, 0.25) is 0 Å². The number of thiazole rings is 1. The van der Waals surface area contributed by atoms with Crippen LogP contribution < -0.4 is 16.0 Å². The van der Waals surface area contributed by atoms with E-state index in [9.17, 15) is 4.79 Å². The van der Waals surface area contributed by atoms with Gasteiger partial charge in [-0.25, -0.2) is 4.98 Å². The van der Waals surface area contributed by atoms with Gasteiger partial charge in [0.15, 0.2) is 5.96 Å². The molecular formula is C19H28IN5OS. The number of rotatable bonds is 7. The second-order valence-corrected chi connectivity index (χ2v) is 7.31. The lowest BCUT2D eigenvalue weighted by atomic mass is 10.2. The minimum atomic E-state index is 0. The molecule has 148 valence electrons. The van der Waals surface area contributed by atoms with E-state index in [0.29, 0.717) is 19.5 Å². The lowest BCUT2D eigenvalue weighted by molar-refractivity contribution is -0.116. The third kappa shape index (κ3) is 7.84. The number of anilines is 1. The van der Waals surface area contributed by atoms with Gasteiger partial charge in [0.25, 0.3) is 0 Å². The Labute approximate surface area is 182 Å². The van der Waals surface area contributed by atoms with E-state index in [2.05, 4.69) is 32.9 Å². The van der Waals surface area contributed by atoms with Gasteiger partial charge in [0.05, 0.1) is 12.2 Å². The molecule has 0 aliphatic rings. The summed E-state index contributed by atoms with van der Waals surface area (Å²) < 4.78 is 0. The Kier molecular flexibility index (Phi) is 10.3. The van der Waals surface area contributed by atoms with E-state index in [1.54, 1.807) is 18.4 Å². The molecule has 0 saturated carbocycles. The molecule has 27 heavy (non-hydrogen) atoms. The molecule has 3 N–H and O–H groups in total. The van der Waals surface area contributed by atoms with E-state index in [1.807, 2.05) is 38.1 Å². The van der Waals surface area contributed by atoms with Crippen molar-refractivity contribution in [1.29, 1.82) is 0 Å². The maximum absolute atomic E-state index is 11.6. The molecule has 2 aromatic rings. The van der Waals surface area contributed by atoms with Crippen molar-refractivity contribution in [3.63, 3.8) is 0 Å². The van der Waals surface area contributed by atoms with Gasteiger partial charge in [-0.2, -0.15) is 0 Å². The number of aliphatic imine (C=N–C) groups is 1. The topological polar surface area (TPSA) is 78.4 Å². The van der Waals surface area contributed by atoms with Gasteiger partial charge in [-0.15, -0.1) is 35.3 Å². The van der Waals surface area contributed by atoms with Crippen LogP contribution in [0.15, 0.2) is 29.3 Å². The van der Waals surface area contributed by atoms with E-state index in [1.165, 1.54) is 4.88 Å². The molecule has 0 aliphatic heterocycles. The molecule has 0 fully saturated rings. The predicted molar refractivity (Wildman–Crippen MR) is 124 cm³/mol. The standard InChI is InChI=1S/C19H27N5OS.HI/c1-5-6-17(25)24-16-9-7-15(8-10-16)11-21-19(20-4)22-12-18-23-13(2)14(3)26-18;/h7-10H,5-6,11-12H2,1-4H3,(H,24,25)(H2,20,21,22);1H. The molecule has 6 nitrogen and oxygen atoms in total. The van der Waals surface area contributed by atoms with Crippen molar-refractivity contribution in [2.45, 2.75) is 46.7 Å². The molecule has 0 atom stereocenters. The number of hydrogen-bond donors (Lipinski definition) is 3. The first-order valence-electron chi connectivity index (χ1n) is 8.78. The number of benzene rings is 1. The number of aryl methyl sites for hydroxylation is 2. The molecule has 2 rings (SSSR count). The fourth-order valence-electron chi connectivity index (χ4n) is 2.34. The van der Waals surface area contributed by atoms with E-state index in [0.717, 1.165) is 34.3 Å². The van der Waals surface area contributed by atoms with Crippen molar-refractivity contribution in [2.75, 3.05) is 12.4 Å². The first-order valence-corrected chi connectivity index (χ1v) is 9.59. The van der Waals surface area contributed by atoms with Crippen molar-refractivity contribution in [3.8, 4) is 0 Å². The van der Waals surface area contributed by atoms with E-state index in [-0.39, 0.29) is 29.9 Å². The summed E-state index contributed by atoms with van der Waals surface area (Å²) >= 11 is 1.70. The smallest absolute Gasteiger partial charge is 0.224 e. The fraction of sp³-hybridized carbons (Fsp3) is 0.421. The molecule has 0 aliphatic carbocycles. The van der Waals surface area contributed by atoms with Crippen LogP contribution in [0.4, 0.5) is 5.69 Å². The Morgan fingerprint density at radius 1 is 1.15 bits per heavy atom. The summed E-state index contributed by atoms with van der Waals surface area (Å²) in [5.41, 5.74) is 3.02. The number of carbonyl (C=O) groups excluding carboxylic acids is 1. The van der Waals surface area contributed by atoms with Crippen molar-refractivity contribution < 1.29 is 4.79 Å². The summed E-state index contributed by atoms with van der Waals surface area (Å²) in [7, 11) is 1.75. The third-order valence-corrected chi connectivity index (χ3v) is 4.95. The zero-order chi connectivity index (χ0) is 18.9. The maximum Gasteiger partial charge on any atom is 0.224 e. The number of nitrogens with zero attached hydrogens (tertiary/aromatic N) is 2. The number of carbonyl (C=O) groups is 1. The van der Waals surface area contributed by atoms with Crippen molar-refractivity contribution in [3.05, 3.63) is 45.4 Å². The number of hydrogen-bond acceptors (Lipinski definition) is 4. The SMILES string of the molecule is CCCC(=O)Nc1ccc(CNC(=NC)NCc2nc(C)c(C)s2)cc1.I. The van der Waals surface area contributed by atoms with Crippen LogP contribution in [0, 0.1) is 13.8 Å². The molecule has 1 amide bonds. The van der Waals surface area contributed by atoms with Gasteiger partial charge < -0.3 is 16.0 Å². The number of aromatic nitrogens is 1. The van der Waals surface area contributed by atoms with Crippen LogP contribution in [-0.2, 0) is 17.9 Å². The lowest BCUT2D eigenvalue weighted by Crippen LogP contribution is -2.36. The first-order chi connectivity index (χ1) is 12.5. The molecule has 0 unspecified atom stereocenters. The van der Waals surface area contributed by atoms with Crippen LogP contribution in [-0.4, -0.2) is 23.9 Å². The summed E-state index contributed by atoms with van der Waals surface area (Å²) in [5.74, 6) is 0.784. The molecule has 1 aromatic heterocycles. The highest BCUT2D eigenvalue weighted by Gasteiger charge is 2.05. The van der Waals surface area contributed by atoms with E-state index < -0.39 is 0 Å². The Balaban J connectivity index is 0.00000364. The summed E-state index contributed by atoms with van der Waals surface area (Å²) in [6.45, 7) is 7.40. The van der Waals surface area contributed by atoms with Crippen molar-refractivity contribution in [2.24, 2.45) is 4.99 Å². The second-order valence-electron chi connectivity index (χ2n) is 6.02. The van der Waals surface area contributed by atoms with Gasteiger partial charge in [-0.1, -0.05) is 19.1 Å². The van der Waals surface area contributed by atoms with Crippen molar-refractivity contribution >= 4 is 52.9 Å². The quantitative estimate of drug-likeness (QED) is 0.305. The number of amides is 1. The van der Waals surface area contributed by atoms with Gasteiger partial charge in [-0.3, -0.25) is 9.79 Å². The van der Waals surface area contributed by atoms with E-state index in [4.69, 9.17) is 0 Å². The Hall–Kier alpha value is -1.68. The normalized spacial score (nSPS) is 10.9. The summed E-state index contributed by atoms with van der Waals surface area (Å²) in [4.78, 5) is 21.6. The fourth-order valence-corrected chi connectivity index (χ4v) is 3.21. The number of guanidine groups is 1. The molecule has 0 saturated heterocycles. The van der Waals surface area contributed by atoms with Gasteiger partial charge in [0, 0.05) is 30.6 Å². The Bertz CT molecular complexity index is 738. The minimum absolute atomic E-state index is 0. The largest absolute Gasteiger partial charge is 0.352 e. The first kappa shape index (κ1) is 23.4. The van der Waals surface area contributed by atoms with Crippen molar-refractivity contribution in [1.82, 2.24) is 15.6 Å². The van der Waals surface area contributed by atoms with Gasteiger partial charge in [-0.05, 0) is 38.0 Å². The van der Waals surface area contributed by atoms with Gasteiger partial charge in [0.1, 0.15) is 5.01 Å². The van der Waals surface area contributed by atoms with Crippen LogP contribution in [0.3, 0.4) is 0 Å². The molecule has 1 aromatic carbocycles. The molecular weight excluding hydrogens is 473 g/mol. The van der Waals surface area contributed by atoms with Crippen LogP contribution in [0.25, 0.3) is 0 Å². The molecule has 8 heteroatoms. The predicted octanol–water partition coefficient (Wildman–Crippen LogP) is 3.98. The molecule has 1 heterocycles. The number of halogens is 1. The minimum Gasteiger partial charge on any atom is -0.352 e. The van der Waals surface area contributed by atoms with E-state index >= 15 is 0 Å². The molecule has 0 bridgehead atoms.